The summed E-state index contributed by atoms with van der Waals surface area (Å²) < 4.78 is 0. The van der Waals surface area contributed by atoms with Crippen molar-refractivity contribution in [2.24, 2.45) is 0 Å². The van der Waals surface area contributed by atoms with Crippen LogP contribution in [-0.2, 0) is 16.1 Å². The predicted octanol–water partition coefficient (Wildman–Crippen LogP) is 2.04. The average molecular weight is 428 g/mol. The molecule has 0 saturated carbocycles. The largest absolute Gasteiger partial charge is 0.359 e. The molecule has 2 aromatic rings. The lowest BCUT2D eigenvalue weighted by Crippen LogP contribution is -2.56. The number of nitrogens with zero attached hydrogens (tertiary/aromatic N) is 3. The Morgan fingerprint density at radius 2 is 2.00 bits per heavy atom. The summed E-state index contributed by atoms with van der Waals surface area (Å²) in [5.74, 6) is 0.0110. The molecule has 30 heavy (non-hydrogen) atoms. The van der Waals surface area contributed by atoms with Crippen molar-refractivity contribution in [1.29, 1.82) is 0 Å². The zero-order valence-corrected chi connectivity index (χ0v) is 17.3. The van der Waals surface area contributed by atoms with Crippen LogP contribution in [0, 0.1) is 0 Å². The van der Waals surface area contributed by atoms with Gasteiger partial charge in [0.25, 0.3) is 5.91 Å². The summed E-state index contributed by atoms with van der Waals surface area (Å²) >= 11 is 5.96. The van der Waals surface area contributed by atoms with Crippen LogP contribution in [0.2, 0.25) is 5.02 Å². The van der Waals surface area contributed by atoms with Crippen molar-refractivity contribution in [3.05, 3.63) is 52.7 Å². The van der Waals surface area contributed by atoms with Gasteiger partial charge in [-0.15, -0.1) is 0 Å². The number of aromatic nitrogens is 1. The first kappa shape index (κ1) is 20.2. The molecule has 1 saturated heterocycles. The van der Waals surface area contributed by atoms with Gasteiger partial charge in [-0.25, -0.2) is 4.98 Å². The predicted molar refractivity (Wildman–Crippen MR) is 113 cm³/mol. The van der Waals surface area contributed by atoms with Crippen LogP contribution in [0.5, 0.6) is 0 Å². The third-order valence-corrected chi connectivity index (χ3v) is 5.60. The second-order valence-corrected chi connectivity index (χ2v) is 7.70. The number of benzene rings is 1. The second-order valence-electron chi connectivity index (χ2n) is 7.27. The lowest BCUT2D eigenvalue weighted by Gasteiger charge is -2.35. The van der Waals surface area contributed by atoms with Crippen LogP contribution < -0.4 is 15.5 Å². The van der Waals surface area contributed by atoms with Gasteiger partial charge in [0.15, 0.2) is 5.82 Å². The van der Waals surface area contributed by atoms with E-state index < -0.39 is 6.04 Å². The number of amides is 3. The Morgan fingerprint density at radius 1 is 1.23 bits per heavy atom. The fraction of sp³-hybridized carbons (Fsp3) is 0.333. The quantitative estimate of drug-likeness (QED) is 0.778. The molecule has 0 spiro atoms. The van der Waals surface area contributed by atoms with Crippen molar-refractivity contribution < 1.29 is 14.4 Å². The number of nitrogens with one attached hydrogen (secondary N) is 2. The fourth-order valence-electron chi connectivity index (χ4n) is 3.78. The summed E-state index contributed by atoms with van der Waals surface area (Å²) in [6.45, 7) is 3.20. The molecular weight excluding hydrogens is 406 g/mol. The molecular formula is C21H22ClN5O3. The number of hydrogen-bond acceptors (Lipinski definition) is 5. The van der Waals surface area contributed by atoms with Gasteiger partial charge in [-0.1, -0.05) is 30.7 Å². The van der Waals surface area contributed by atoms with Crippen LogP contribution in [-0.4, -0.2) is 53.3 Å². The van der Waals surface area contributed by atoms with E-state index in [2.05, 4.69) is 15.6 Å². The SMILES string of the molecule is CCC1C(=O)NCCN1C(=O)c1cnc2c(c1)N(Cc1ccc(Cl)cc1)C(=O)CN2. The second kappa shape index (κ2) is 8.31. The molecule has 2 aliphatic heterocycles. The Bertz CT molecular complexity index is 995. The molecule has 8 nitrogen and oxygen atoms in total. The molecule has 1 aromatic heterocycles. The van der Waals surface area contributed by atoms with Crippen molar-refractivity contribution in [3.8, 4) is 0 Å². The van der Waals surface area contributed by atoms with E-state index >= 15 is 0 Å². The van der Waals surface area contributed by atoms with Gasteiger partial charge >= 0.3 is 0 Å². The van der Waals surface area contributed by atoms with Gasteiger partial charge in [0.1, 0.15) is 6.04 Å². The van der Waals surface area contributed by atoms with Crippen LogP contribution in [0.1, 0.15) is 29.3 Å². The Morgan fingerprint density at radius 3 is 2.73 bits per heavy atom. The molecule has 1 aromatic carbocycles. The number of anilines is 2. The average Bonchev–Trinajstić information content (AvgIpc) is 2.76. The molecule has 3 heterocycles. The minimum absolute atomic E-state index is 0.118. The van der Waals surface area contributed by atoms with Gasteiger partial charge in [-0.05, 0) is 30.2 Å². The summed E-state index contributed by atoms with van der Waals surface area (Å²) in [5.41, 5.74) is 1.80. The maximum absolute atomic E-state index is 13.2. The van der Waals surface area contributed by atoms with Crippen molar-refractivity contribution in [1.82, 2.24) is 15.2 Å². The molecule has 0 aliphatic carbocycles. The van der Waals surface area contributed by atoms with Crippen LogP contribution >= 0.6 is 11.6 Å². The number of hydrogen-bond donors (Lipinski definition) is 2. The number of carbonyl (C=O) groups excluding carboxylic acids is 3. The molecule has 1 fully saturated rings. The number of fused-ring (bicyclic) bond motifs is 1. The summed E-state index contributed by atoms with van der Waals surface area (Å²) in [6.07, 6.45) is 2.02. The number of pyridine rings is 1. The van der Waals surface area contributed by atoms with Crippen LogP contribution in [0.4, 0.5) is 11.5 Å². The van der Waals surface area contributed by atoms with E-state index in [1.807, 2.05) is 19.1 Å². The maximum Gasteiger partial charge on any atom is 0.256 e. The highest BCUT2D eigenvalue weighted by Crippen LogP contribution is 2.30. The standard InChI is InChI=1S/C21H22ClN5O3/c1-2-16-20(29)23-7-8-26(16)21(30)14-9-17-19(24-10-14)25-11-18(28)27(17)12-13-3-5-15(22)6-4-13/h3-6,9-10,16H,2,7-8,11-12H2,1H3,(H,23,29)(H,24,25). The minimum atomic E-state index is -0.507. The van der Waals surface area contributed by atoms with Crippen LogP contribution in [0.15, 0.2) is 36.5 Å². The van der Waals surface area contributed by atoms with E-state index in [1.54, 1.807) is 28.0 Å². The van der Waals surface area contributed by atoms with Gasteiger partial charge in [0.05, 0.1) is 24.3 Å². The van der Waals surface area contributed by atoms with Gasteiger partial charge in [-0.2, -0.15) is 0 Å². The first-order chi connectivity index (χ1) is 14.5. The van der Waals surface area contributed by atoms with E-state index in [-0.39, 0.29) is 24.3 Å². The zero-order chi connectivity index (χ0) is 21.3. The van der Waals surface area contributed by atoms with E-state index in [9.17, 15) is 14.4 Å². The normalized spacial score (nSPS) is 18.5. The first-order valence-corrected chi connectivity index (χ1v) is 10.2. The lowest BCUT2D eigenvalue weighted by atomic mass is 10.1. The lowest BCUT2D eigenvalue weighted by molar-refractivity contribution is -0.127. The van der Waals surface area contributed by atoms with Crippen molar-refractivity contribution in [3.63, 3.8) is 0 Å². The number of rotatable bonds is 4. The number of piperazine rings is 1. The molecule has 1 unspecified atom stereocenters. The van der Waals surface area contributed by atoms with Crippen molar-refractivity contribution in [2.45, 2.75) is 25.9 Å². The molecule has 0 radical (unpaired) electrons. The van der Waals surface area contributed by atoms with Gasteiger partial charge in [-0.3, -0.25) is 14.4 Å². The molecule has 0 bridgehead atoms. The van der Waals surface area contributed by atoms with E-state index in [4.69, 9.17) is 11.6 Å². The third kappa shape index (κ3) is 3.82. The summed E-state index contributed by atoms with van der Waals surface area (Å²) in [4.78, 5) is 45.5. The topological polar surface area (TPSA) is 94.6 Å². The molecule has 9 heteroatoms. The molecule has 2 N–H and O–H groups in total. The Labute approximate surface area is 179 Å². The van der Waals surface area contributed by atoms with Gasteiger partial charge in [0.2, 0.25) is 11.8 Å². The van der Waals surface area contributed by atoms with E-state index in [1.165, 1.54) is 6.20 Å². The summed E-state index contributed by atoms with van der Waals surface area (Å²) in [7, 11) is 0. The Hall–Kier alpha value is -3.13. The van der Waals surface area contributed by atoms with Crippen LogP contribution in [0.3, 0.4) is 0 Å². The van der Waals surface area contributed by atoms with Crippen LogP contribution in [0.25, 0.3) is 0 Å². The van der Waals surface area contributed by atoms with Gasteiger partial charge < -0.3 is 20.4 Å². The molecule has 156 valence electrons. The van der Waals surface area contributed by atoms with E-state index in [0.29, 0.717) is 48.1 Å². The third-order valence-electron chi connectivity index (χ3n) is 5.35. The monoisotopic (exact) mass is 427 g/mol. The summed E-state index contributed by atoms with van der Waals surface area (Å²) in [5, 5.41) is 6.41. The fourth-order valence-corrected chi connectivity index (χ4v) is 3.90. The molecule has 2 aliphatic rings. The number of carbonyl (C=O) groups is 3. The molecule has 3 amide bonds. The van der Waals surface area contributed by atoms with E-state index in [0.717, 1.165) is 5.56 Å². The number of halogens is 1. The Balaban J connectivity index is 1.64. The highest BCUT2D eigenvalue weighted by Gasteiger charge is 2.33. The molecule has 4 rings (SSSR count). The zero-order valence-electron chi connectivity index (χ0n) is 16.5. The van der Waals surface area contributed by atoms with Gasteiger partial charge in [0, 0.05) is 24.3 Å². The van der Waals surface area contributed by atoms with Crippen molar-refractivity contribution >= 4 is 40.8 Å². The summed E-state index contributed by atoms with van der Waals surface area (Å²) in [6, 6.07) is 8.43. The highest BCUT2D eigenvalue weighted by atomic mass is 35.5. The minimum Gasteiger partial charge on any atom is -0.359 e. The van der Waals surface area contributed by atoms with Crippen molar-refractivity contribution in [2.75, 3.05) is 29.9 Å². The molecule has 1 atom stereocenters. The smallest absolute Gasteiger partial charge is 0.256 e. The highest BCUT2D eigenvalue weighted by molar-refractivity contribution is 6.30. The maximum atomic E-state index is 13.2. The first-order valence-electron chi connectivity index (χ1n) is 9.85. The Kier molecular flexibility index (Phi) is 5.59.